The van der Waals surface area contributed by atoms with E-state index in [9.17, 15) is 18.0 Å². The summed E-state index contributed by atoms with van der Waals surface area (Å²) in [6.45, 7) is -0.338. The van der Waals surface area contributed by atoms with Crippen LogP contribution in [0.4, 0.5) is 5.69 Å². The first-order valence-electron chi connectivity index (χ1n) is 14.8. The van der Waals surface area contributed by atoms with Gasteiger partial charge in [-0.3, -0.25) is 13.9 Å². The first-order chi connectivity index (χ1) is 21.3. The van der Waals surface area contributed by atoms with Gasteiger partial charge < -0.3 is 10.2 Å². The van der Waals surface area contributed by atoms with Gasteiger partial charge in [0.25, 0.3) is 10.0 Å². The Hall–Kier alpha value is -3.95. The number of nitrogens with one attached hydrogen (secondary N) is 1. The summed E-state index contributed by atoms with van der Waals surface area (Å²) in [4.78, 5) is 30.1. The second-order valence-electron chi connectivity index (χ2n) is 11.0. The van der Waals surface area contributed by atoms with Gasteiger partial charge >= 0.3 is 0 Å². The highest BCUT2D eigenvalue weighted by molar-refractivity contribution is 9.10. The van der Waals surface area contributed by atoms with Crippen LogP contribution in [-0.2, 0) is 32.6 Å². The van der Waals surface area contributed by atoms with E-state index in [1.165, 1.54) is 17.0 Å². The van der Waals surface area contributed by atoms with Crippen molar-refractivity contribution in [1.29, 1.82) is 0 Å². The van der Waals surface area contributed by atoms with Gasteiger partial charge in [-0.1, -0.05) is 108 Å². The van der Waals surface area contributed by atoms with Gasteiger partial charge in [0, 0.05) is 23.5 Å². The van der Waals surface area contributed by atoms with E-state index in [4.69, 9.17) is 0 Å². The number of carbonyl (C=O) groups is 2. The van der Waals surface area contributed by atoms with Gasteiger partial charge in [-0.15, -0.1) is 0 Å². The Bertz CT molecular complexity index is 1630. The lowest BCUT2D eigenvalue weighted by molar-refractivity contribution is -0.140. The molecule has 1 N–H and O–H groups in total. The number of rotatable bonds is 12. The standard InChI is InChI=1S/C35H36BrN3O4S/c36-29-22-20-28(21-23-29)25-38(33(24-27-12-4-1-5-13-27)35(41)37-30-14-10-11-15-30)34(40)26-39(31-16-6-2-7-17-31)44(42,43)32-18-8-3-9-19-32/h1-9,12-13,16-23,30,33H,10-11,14-15,24-26H2,(H,37,41)/t33-/m0/s1. The molecule has 2 amide bonds. The molecule has 0 saturated heterocycles. The molecule has 9 heteroatoms. The quantitative estimate of drug-likeness (QED) is 0.190. The number of para-hydroxylation sites is 1. The minimum atomic E-state index is -4.11. The number of benzene rings is 4. The molecule has 0 unspecified atom stereocenters. The Kier molecular flexibility index (Phi) is 10.5. The molecule has 1 atom stereocenters. The molecule has 1 saturated carbocycles. The maximum absolute atomic E-state index is 14.5. The second-order valence-corrected chi connectivity index (χ2v) is 13.8. The molecule has 44 heavy (non-hydrogen) atoms. The van der Waals surface area contributed by atoms with E-state index in [0.717, 1.165) is 45.6 Å². The lowest BCUT2D eigenvalue weighted by Crippen LogP contribution is -2.54. The first-order valence-corrected chi connectivity index (χ1v) is 17.1. The zero-order valence-electron chi connectivity index (χ0n) is 24.4. The van der Waals surface area contributed by atoms with Crippen LogP contribution in [0, 0.1) is 0 Å². The Morgan fingerprint density at radius 3 is 1.95 bits per heavy atom. The van der Waals surface area contributed by atoms with Crippen LogP contribution < -0.4 is 9.62 Å². The largest absolute Gasteiger partial charge is 0.352 e. The summed E-state index contributed by atoms with van der Waals surface area (Å²) in [7, 11) is -4.11. The van der Waals surface area contributed by atoms with Crippen LogP contribution in [0.15, 0.2) is 125 Å². The molecule has 7 nitrogen and oxygen atoms in total. The predicted molar refractivity (Wildman–Crippen MR) is 176 cm³/mol. The maximum Gasteiger partial charge on any atom is 0.264 e. The zero-order valence-corrected chi connectivity index (χ0v) is 26.8. The van der Waals surface area contributed by atoms with Gasteiger partial charge in [0.05, 0.1) is 10.6 Å². The molecule has 0 heterocycles. The molecule has 0 aromatic heterocycles. The lowest BCUT2D eigenvalue weighted by Gasteiger charge is -2.34. The van der Waals surface area contributed by atoms with Crippen molar-refractivity contribution >= 4 is 43.5 Å². The molecule has 4 aromatic rings. The molecule has 0 bridgehead atoms. The van der Waals surface area contributed by atoms with Crippen molar-refractivity contribution in [2.75, 3.05) is 10.8 Å². The fourth-order valence-electron chi connectivity index (χ4n) is 5.55. The Morgan fingerprint density at radius 1 is 0.773 bits per heavy atom. The van der Waals surface area contributed by atoms with Crippen LogP contribution in [0.5, 0.6) is 0 Å². The molecule has 0 radical (unpaired) electrons. The van der Waals surface area contributed by atoms with Crippen LogP contribution in [0.25, 0.3) is 0 Å². The normalized spacial score (nSPS) is 14.1. The third-order valence-electron chi connectivity index (χ3n) is 7.89. The smallest absolute Gasteiger partial charge is 0.264 e. The van der Waals surface area contributed by atoms with E-state index in [0.29, 0.717) is 12.1 Å². The van der Waals surface area contributed by atoms with E-state index in [2.05, 4.69) is 21.2 Å². The highest BCUT2D eigenvalue weighted by atomic mass is 79.9. The number of sulfonamides is 1. The average Bonchev–Trinajstić information content (AvgIpc) is 3.56. The number of anilines is 1. The summed E-state index contributed by atoms with van der Waals surface area (Å²) < 4.78 is 30.0. The van der Waals surface area contributed by atoms with Crippen LogP contribution in [0.1, 0.15) is 36.8 Å². The van der Waals surface area contributed by atoms with E-state index >= 15 is 0 Å². The van der Waals surface area contributed by atoms with Crippen molar-refractivity contribution in [2.24, 2.45) is 0 Å². The summed E-state index contributed by atoms with van der Waals surface area (Å²) in [5.74, 6) is -0.706. The molecule has 1 aliphatic rings. The number of hydrogen-bond donors (Lipinski definition) is 1. The van der Waals surface area contributed by atoms with Crippen molar-refractivity contribution in [1.82, 2.24) is 10.2 Å². The maximum atomic E-state index is 14.5. The number of amides is 2. The van der Waals surface area contributed by atoms with Crippen LogP contribution in [0.3, 0.4) is 0 Å². The van der Waals surface area contributed by atoms with Crippen LogP contribution in [0.2, 0.25) is 0 Å². The van der Waals surface area contributed by atoms with Crippen molar-refractivity contribution in [3.63, 3.8) is 0 Å². The number of carbonyl (C=O) groups excluding carboxylic acids is 2. The highest BCUT2D eigenvalue weighted by Crippen LogP contribution is 2.25. The lowest BCUT2D eigenvalue weighted by atomic mass is 10.0. The van der Waals surface area contributed by atoms with E-state index in [1.54, 1.807) is 48.5 Å². The average molecular weight is 675 g/mol. The summed E-state index contributed by atoms with van der Waals surface area (Å²) >= 11 is 3.47. The first kappa shape index (κ1) is 31.5. The van der Waals surface area contributed by atoms with Crippen LogP contribution >= 0.6 is 15.9 Å². The van der Waals surface area contributed by atoms with Crippen molar-refractivity contribution < 1.29 is 18.0 Å². The number of hydrogen-bond acceptors (Lipinski definition) is 4. The molecule has 0 spiro atoms. The summed E-state index contributed by atoms with van der Waals surface area (Å²) in [6.07, 6.45) is 4.21. The van der Waals surface area contributed by atoms with Gasteiger partial charge in [-0.2, -0.15) is 0 Å². The molecule has 1 aliphatic carbocycles. The molecule has 1 fully saturated rings. The van der Waals surface area contributed by atoms with E-state index in [1.807, 2.05) is 54.6 Å². The van der Waals surface area contributed by atoms with Crippen molar-refractivity contribution in [2.45, 2.75) is 55.6 Å². The predicted octanol–water partition coefficient (Wildman–Crippen LogP) is 6.34. The minimum Gasteiger partial charge on any atom is -0.352 e. The topological polar surface area (TPSA) is 86.8 Å². The highest BCUT2D eigenvalue weighted by Gasteiger charge is 2.35. The Labute approximate surface area is 268 Å². The molecule has 4 aromatic carbocycles. The summed E-state index contributed by atoms with van der Waals surface area (Å²) in [5.41, 5.74) is 2.10. The monoisotopic (exact) mass is 673 g/mol. The van der Waals surface area contributed by atoms with E-state index < -0.39 is 28.5 Å². The van der Waals surface area contributed by atoms with Gasteiger partial charge in [-0.05, 0) is 60.4 Å². The van der Waals surface area contributed by atoms with Crippen molar-refractivity contribution in [3.05, 3.63) is 131 Å². The fourth-order valence-corrected chi connectivity index (χ4v) is 7.25. The van der Waals surface area contributed by atoms with Crippen LogP contribution in [-0.4, -0.2) is 43.8 Å². The van der Waals surface area contributed by atoms with Crippen molar-refractivity contribution in [3.8, 4) is 0 Å². The number of nitrogens with zero attached hydrogens (tertiary/aromatic N) is 2. The zero-order chi connectivity index (χ0) is 30.9. The Balaban J connectivity index is 1.54. The second kappa shape index (κ2) is 14.7. The molecule has 5 rings (SSSR count). The van der Waals surface area contributed by atoms with Gasteiger partial charge in [-0.25, -0.2) is 8.42 Å². The fraction of sp³-hybridized carbons (Fsp3) is 0.257. The minimum absolute atomic E-state index is 0.0599. The molecular formula is C35H36BrN3O4S. The third kappa shape index (κ3) is 7.95. The van der Waals surface area contributed by atoms with Gasteiger partial charge in [0.2, 0.25) is 11.8 Å². The summed E-state index contributed by atoms with van der Waals surface area (Å²) in [6, 6.07) is 33.1. The molecule has 228 valence electrons. The third-order valence-corrected chi connectivity index (χ3v) is 10.2. The summed E-state index contributed by atoms with van der Waals surface area (Å²) in [5, 5.41) is 3.20. The number of halogens is 1. The SMILES string of the molecule is O=C(NC1CCCC1)[C@H](Cc1ccccc1)N(Cc1ccc(Br)cc1)C(=O)CN(c1ccccc1)S(=O)(=O)c1ccccc1. The van der Waals surface area contributed by atoms with Gasteiger partial charge in [0.1, 0.15) is 12.6 Å². The molecular weight excluding hydrogens is 638 g/mol. The molecule has 0 aliphatic heterocycles. The van der Waals surface area contributed by atoms with Gasteiger partial charge in [0.15, 0.2) is 0 Å². The Morgan fingerprint density at radius 2 is 1.34 bits per heavy atom. The van der Waals surface area contributed by atoms with E-state index in [-0.39, 0.29) is 23.4 Å².